The van der Waals surface area contributed by atoms with E-state index in [9.17, 15) is 4.79 Å². The normalized spacial score (nSPS) is 34.9. The van der Waals surface area contributed by atoms with Crippen LogP contribution in [0, 0.1) is 5.92 Å². The summed E-state index contributed by atoms with van der Waals surface area (Å²) < 4.78 is 5.68. The molecule has 0 spiro atoms. The summed E-state index contributed by atoms with van der Waals surface area (Å²) in [6, 6.07) is -0.0283. The highest BCUT2D eigenvalue weighted by Crippen LogP contribution is 2.29. The summed E-state index contributed by atoms with van der Waals surface area (Å²) in [4.78, 5) is 11.9. The number of hydrogen-bond acceptors (Lipinski definition) is 3. The Morgan fingerprint density at radius 2 is 2.06 bits per heavy atom. The first-order chi connectivity index (χ1) is 7.81. The van der Waals surface area contributed by atoms with Crippen molar-refractivity contribution in [3.63, 3.8) is 0 Å². The molecule has 0 aromatic carbocycles. The number of hydrogen-bond donors (Lipinski definition) is 1. The lowest BCUT2D eigenvalue weighted by Crippen LogP contribution is -2.38. The van der Waals surface area contributed by atoms with E-state index in [2.05, 4.69) is 12.2 Å². The summed E-state index contributed by atoms with van der Waals surface area (Å²) >= 11 is 0. The third-order valence-electron chi connectivity index (χ3n) is 3.98. The number of rotatable bonds is 3. The van der Waals surface area contributed by atoms with Crippen molar-refractivity contribution in [3.05, 3.63) is 0 Å². The molecule has 0 radical (unpaired) electrons. The van der Waals surface area contributed by atoms with Crippen LogP contribution < -0.4 is 5.32 Å². The number of nitrogens with one attached hydrogen (secondary N) is 1. The Labute approximate surface area is 97.9 Å². The standard InChI is InChI=1S/C13H23NO2/c1-2-10-6-3-4-8-12(10)16-13(15)11-7-5-9-14-11/h10-12,14H,2-9H2,1H3. The van der Waals surface area contributed by atoms with Crippen LogP contribution in [-0.2, 0) is 9.53 Å². The molecule has 2 aliphatic rings. The molecule has 3 atom stereocenters. The van der Waals surface area contributed by atoms with E-state index in [4.69, 9.17) is 4.74 Å². The summed E-state index contributed by atoms with van der Waals surface area (Å²) in [6.07, 6.45) is 8.18. The Hall–Kier alpha value is -0.570. The van der Waals surface area contributed by atoms with Crippen LogP contribution in [0.25, 0.3) is 0 Å². The monoisotopic (exact) mass is 225 g/mol. The van der Waals surface area contributed by atoms with Crippen LogP contribution in [0.2, 0.25) is 0 Å². The predicted octanol–water partition coefficient (Wildman–Crippen LogP) is 2.25. The highest BCUT2D eigenvalue weighted by atomic mass is 16.5. The molecule has 2 rings (SSSR count). The SMILES string of the molecule is CCC1CCCCC1OC(=O)C1CCCN1. The van der Waals surface area contributed by atoms with E-state index < -0.39 is 0 Å². The average molecular weight is 225 g/mol. The molecule has 1 aliphatic carbocycles. The second kappa shape index (κ2) is 5.67. The van der Waals surface area contributed by atoms with Gasteiger partial charge in [-0.15, -0.1) is 0 Å². The van der Waals surface area contributed by atoms with Gasteiger partial charge in [-0.3, -0.25) is 4.79 Å². The van der Waals surface area contributed by atoms with Gasteiger partial charge in [-0.2, -0.15) is 0 Å². The van der Waals surface area contributed by atoms with E-state index in [0.29, 0.717) is 5.92 Å². The van der Waals surface area contributed by atoms with Gasteiger partial charge < -0.3 is 10.1 Å². The summed E-state index contributed by atoms with van der Waals surface area (Å²) in [5.74, 6) is 0.585. The van der Waals surface area contributed by atoms with Crippen molar-refractivity contribution in [1.29, 1.82) is 0 Å². The first-order valence-electron chi connectivity index (χ1n) is 6.75. The highest BCUT2D eigenvalue weighted by Gasteiger charge is 2.30. The van der Waals surface area contributed by atoms with Crippen LogP contribution >= 0.6 is 0 Å². The van der Waals surface area contributed by atoms with Gasteiger partial charge in [0.1, 0.15) is 12.1 Å². The van der Waals surface area contributed by atoms with Crippen LogP contribution in [-0.4, -0.2) is 24.7 Å². The van der Waals surface area contributed by atoms with Gasteiger partial charge in [0.15, 0.2) is 0 Å². The minimum Gasteiger partial charge on any atom is -0.461 e. The van der Waals surface area contributed by atoms with E-state index in [0.717, 1.165) is 32.2 Å². The van der Waals surface area contributed by atoms with Gasteiger partial charge in [0.05, 0.1) is 0 Å². The topological polar surface area (TPSA) is 38.3 Å². The quantitative estimate of drug-likeness (QED) is 0.749. The second-order valence-electron chi connectivity index (χ2n) is 5.08. The summed E-state index contributed by atoms with van der Waals surface area (Å²) in [5, 5.41) is 3.20. The highest BCUT2D eigenvalue weighted by molar-refractivity contribution is 5.76. The lowest BCUT2D eigenvalue weighted by Gasteiger charge is -2.31. The third kappa shape index (κ3) is 2.76. The number of carbonyl (C=O) groups excluding carboxylic acids is 1. The van der Waals surface area contributed by atoms with Crippen molar-refractivity contribution >= 4 is 5.97 Å². The molecule has 0 aromatic rings. The molecule has 1 saturated heterocycles. The van der Waals surface area contributed by atoms with E-state index in [1.807, 2.05) is 0 Å². The van der Waals surface area contributed by atoms with E-state index in [-0.39, 0.29) is 18.1 Å². The molecule has 3 unspecified atom stereocenters. The Bertz CT molecular complexity index is 236. The van der Waals surface area contributed by atoms with Crippen molar-refractivity contribution < 1.29 is 9.53 Å². The molecule has 1 aliphatic heterocycles. The molecule has 0 bridgehead atoms. The second-order valence-corrected chi connectivity index (χ2v) is 5.08. The Kier molecular flexibility index (Phi) is 4.22. The van der Waals surface area contributed by atoms with Crippen molar-refractivity contribution in [2.24, 2.45) is 5.92 Å². The zero-order valence-electron chi connectivity index (χ0n) is 10.2. The smallest absolute Gasteiger partial charge is 0.323 e. The minimum absolute atomic E-state index is 0.0112. The third-order valence-corrected chi connectivity index (χ3v) is 3.98. The summed E-state index contributed by atoms with van der Waals surface area (Å²) in [7, 11) is 0. The zero-order valence-corrected chi connectivity index (χ0v) is 10.2. The van der Waals surface area contributed by atoms with E-state index in [1.165, 1.54) is 19.3 Å². The molecular formula is C13H23NO2. The van der Waals surface area contributed by atoms with Crippen molar-refractivity contribution in [3.8, 4) is 0 Å². The van der Waals surface area contributed by atoms with Crippen molar-refractivity contribution in [1.82, 2.24) is 5.32 Å². The number of esters is 1. The fourth-order valence-electron chi connectivity index (χ4n) is 2.91. The van der Waals surface area contributed by atoms with Gasteiger partial charge >= 0.3 is 5.97 Å². The van der Waals surface area contributed by atoms with Crippen LogP contribution in [0.1, 0.15) is 51.9 Å². The molecule has 92 valence electrons. The maximum atomic E-state index is 11.9. The fraction of sp³-hybridized carbons (Fsp3) is 0.923. The van der Waals surface area contributed by atoms with Gasteiger partial charge in [-0.25, -0.2) is 0 Å². The molecule has 3 heteroatoms. The maximum absolute atomic E-state index is 11.9. The molecule has 1 heterocycles. The zero-order chi connectivity index (χ0) is 11.4. The molecule has 0 aromatic heterocycles. The van der Waals surface area contributed by atoms with E-state index >= 15 is 0 Å². The minimum atomic E-state index is -0.0283. The summed E-state index contributed by atoms with van der Waals surface area (Å²) in [6.45, 7) is 3.16. The van der Waals surface area contributed by atoms with Crippen molar-refractivity contribution in [2.75, 3.05) is 6.54 Å². The van der Waals surface area contributed by atoms with Crippen molar-refractivity contribution in [2.45, 2.75) is 64.0 Å². The maximum Gasteiger partial charge on any atom is 0.323 e. The summed E-state index contributed by atoms with van der Waals surface area (Å²) in [5.41, 5.74) is 0. The Morgan fingerprint density at radius 3 is 2.75 bits per heavy atom. The average Bonchev–Trinajstić information content (AvgIpc) is 2.83. The van der Waals surface area contributed by atoms with Gasteiger partial charge in [-0.1, -0.05) is 13.3 Å². The number of carbonyl (C=O) groups is 1. The number of ether oxygens (including phenoxy) is 1. The molecule has 16 heavy (non-hydrogen) atoms. The first kappa shape index (κ1) is 11.9. The Morgan fingerprint density at radius 1 is 1.25 bits per heavy atom. The lowest BCUT2D eigenvalue weighted by atomic mass is 9.85. The molecule has 1 saturated carbocycles. The van der Waals surface area contributed by atoms with Gasteiger partial charge in [0.25, 0.3) is 0 Å². The first-order valence-corrected chi connectivity index (χ1v) is 6.75. The largest absolute Gasteiger partial charge is 0.461 e. The predicted molar refractivity (Wildman–Crippen MR) is 63.2 cm³/mol. The van der Waals surface area contributed by atoms with Crippen LogP contribution in [0.15, 0.2) is 0 Å². The van der Waals surface area contributed by atoms with E-state index in [1.54, 1.807) is 0 Å². The molecule has 2 fully saturated rings. The molecular weight excluding hydrogens is 202 g/mol. The van der Waals surface area contributed by atoms with Gasteiger partial charge in [-0.05, 0) is 51.0 Å². The molecule has 3 nitrogen and oxygen atoms in total. The Balaban J connectivity index is 1.84. The molecule has 1 N–H and O–H groups in total. The van der Waals surface area contributed by atoms with Gasteiger partial charge in [0, 0.05) is 0 Å². The lowest BCUT2D eigenvalue weighted by molar-refractivity contribution is -0.155. The molecule has 0 amide bonds. The van der Waals surface area contributed by atoms with Crippen LogP contribution in [0.5, 0.6) is 0 Å². The van der Waals surface area contributed by atoms with Crippen LogP contribution in [0.3, 0.4) is 0 Å². The van der Waals surface area contributed by atoms with Gasteiger partial charge in [0.2, 0.25) is 0 Å². The van der Waals surface area contributed by atoms with Crippen LogP contribution in [0.4, 0.5) is 0 Å². The fourth-order valence-corrected chi connectivity index (χ4v) is 2.91.